The van der Waals surface area contributed by atoms with Gasteiger partial charge in [-0.2, -0.15) is 0 Å². The van der Waals surface area contributed by atoms with Gasteiger partial charge in [-0.25, -0.2) is 0 Å². The molecule has 11 heavy (non-hydrogen) atoms. The van der Waals surface area contributed by atoms with Crippen LogP contribution < -0.4 is 0 Å². The first-order valence-corrected chi connectivity index (χ1v) is 3.29. The molecule has 56 valence electrons. The van der Waals surface area contributed by atoms with Crippen LogP contribution in [-0.2, 0) is 0 Å². The monoisotopic (exact) mass is 149 g/mol. The van der Waals surface area contributed by atoms with Crippen molar-refractivity contribution in [1.82, 2.24) is 0 Å². The Labute approximate surface area is 64.9 Å². The molecule has 0 saturated heterocycles. The maximum Gasteiger partial charge on any atom is 0.239 e. The summed E-state index contributed by atoms with van der Waals surface area (Å²) in [5.74, 6) is 0. The molecule has 0 heterocycles. The Morgan fingerprint density at radius 1 is 1.36 bits per heavy atom. The van der Waals surface area contributed by atoms with Crippen molar-refractivity contribution in [3.63, 3.8) is 0 Å². The van der Waals surface area contributed by atoms with Gasteiger partial charge in [-0.1, -0.05) is 27.8 Å². The summed E-state index contributed by atoms with van der Waals surface area (Å²) in [4.78, 5) is 9.95. The van der Waals surface area contributed by atoms with Crippen LogP contribution in [0.3, 0.4) is 0 Å². The molecular formula is C8H9N2O+. The minimum atomic E-state index is 0.967. The van der Waals surface area contributed by atoms with Crippen molar-refractivity contribution < 1.29 is 4.68 Å². The first kappa shape index (κ1) is 7.60. The topological polar surface area (TPSA) is 32.4 Å². The van der Waals surface area contributed by atoms with Crippen LogP contribution in [0, 0.1) is 4.91 Å². The second-order valence-corrected chi connectivity index (χ2v) is 2.20. The Hall–Kier alpha value is -1.51. The summed E-state index contributed by atoms with van der Waals surface area (Å²) in [7, 11) is 1.60. The van der Waals surface area contributed by atoms with Crippen LogP contribution in [0.25, 0.3) is 0 Å². The molecule has 0 aromatic heterocycles. The molecule has 0 atom stereocenters. The lowest BCUT2D eigenvalue weighted by Crippen LogP contribution is -1.97. The van der Waals surface area contributed by atoms with E-state index in [2.05, 4.69) is 5.29 Å². The van der Waals surface area contributed by atoms with Crippen molar-refractivity contribution in [3.8, 4) is 0 Å². The fraction of sp³-hybridized carbons (Fsp3) is 0.125. The highest BCUT2D eigenvalue weighted by molar-refractivity contribution is 5.75. The van der Waals surface area contributed by atoms with Gasteiger partial charge in [0.1, 0.15) is 0 Å². The first-order valence-electron chi connectivity index (χ1n) is 3.29. The van der Waals surface area contributed by atoms with Crippen molar-refractivity contribution in [3.05, 3.63) is 40.8 Å². The average molecular weight is 149 g/mol. The predicted molar refractivity (Wildman–Crippen MR) is 43.6 cm³/mol. The van der Waals surface area contributed by atoms with E-state index in [1.165, 1.54) is 4.68 Å². The van der Waals surface area contributed by atoms with Crippen molar-refractivity contribution in [2.75, 3.05) is 7.05 Å². The third-order valence-electron chi connectivity index (χ3n) is 1.26. The Kier molecular flexibility index (Phi) is 2.49. The Morgan fingerprint density at radius 3 is 2.55 bits per heavy atom. The summed E-state index contributed by atoms with van der Waals surface area (Å²) in [5, 5.41) is 2.71. The molecule has 0 unspecified atom stereocenters. The molecule has 1 rings (SSSR count). The van der Waals surface area contributed by atoms with Gasteiger partial charge in [-0.15, -0.1) is 0 Å². The van der Waals surface area contributed by atoms with Gasteiger partial charge in [-0.05, 0) is 12.1 Å². The zero-order valence-electron chi connectivity index (χ0n) is 6.27. The van der Waals surface area contributed by atoms with E-state index in [0.717, 1.165) is 5.56 Å². The van der Waals surface area contributed by atoms with Gasteiger partial charge in [0.25, 0.3) is 0 Å². The highest BCUT2D eigenvalue weighted by atomic mass is 16.3. The molecule has 1 aromatic rings. The summed E-state index contributed by atoms with van der Waals surface area (Å²) in [5.41, 5.74) is 0.967. The Balaban J connectivity index is 2.87. The lowest BCUT2D eigenvalue weighted by molar-refractivity contribution is -0.499. The molecule has 0 bridgehead atoms. The van der Waals surface area contributed by atoms with Crippen LogP contribution in [0.2, 0.25) is 0 Å². The summed E-state index contributed by atoms with van der Waals surface area (Å²) in [6.07, 6.45) is 1.66. The van der Waals surface area contributed by atoms with Crippen LogP contribution in [0.4, 0.5) is 0 Å². The number of hydrogen-bond donors (Lipinski definition) is 0. The van der Waals surface area contributed by atoms with Crippen molar-refractivity contribution >= 4 is 6.21 Å². The third kappa shape index (κ3) is 2.29. The van der Waals surface area contributed by atoms with Gasteiger partial charge in [0.05, 0.1) is 0 Å². The summed E-state index contributed by atoms with van der Waals surface area (Å²) < 4.78 is 1.23. The van der Waals surface area contributed by atoms with Crippen LogP contribution >= 0.6 is 0 Å². The van der Waals surface area contributed by atoms with E-state index in [1.54, 1.807) is 13.3 Å². The molecule has 0 radical (unpaired) electrons. The van der Waals surface area contributed by atoms with Crippen LogP contribution in [-0.4, -0.2) is 17.9 Å². The summed E-state index contributed by atoms with van der Waals surface area (Å²) >= 11 is 0. The first-order chi connectivity index (χ1) is 5.33. The average Bonchev–Trinajstić information content (AvgIpc) is 2.06. The number of hydrogen-bond acceptors (Lipinski definition) is 2. The van der Waals surface area contributed by atoms with Crippen LogP contribution in [0.5, 0.6) is 0 Å². The van der Waals surface area contributed by atoms with E-state index in [0.29, 0.717) is 0 Å². The SMILES string of the molecule is C/[N+](=C\c1ccccc1)N=O. The fourth-order valence-electron chi connectivity index (χ4n) is 0.778. The number of rotatable bonds is 2. The quantitative estimate of drug-likeness (QED) is 0.271. The lowest BCUT2D eigenvalue weighted by Gasteiger charge is -1.84. The number of nitrogens with zero attached hydrogens (tertiary/aromatic N) is 2. The zero-order chi connectivity index (χ0) is 8.10. The van der Waals surface area contributed by atoms with Gasteiger partial charge in [0.2, 0.25) is 11.5 Å². The normalized spacial score (nSPS) is 11.2. The molecule has 3 nitrogen and oxygen atoms in total. The standard InChI is InChI=1S/C8H9N2O/c1-10(9-11)7-8-5-3-2-4-6-8/h2-7H,1H3/q+1/b10-7+. The number of benzene rings is 1. The molecule has 0 spiro atoms. The van der Waals surface area contributed by atoms with Gasteiger partial charge in [0.15, 0.2) is 7.05 Å². The Bertz CT molecular complexity index is 267. The molecule has 3 heteroatoms. The van der Waals surface area contributed by atoms with E-state index in [1.807, 2.05) is 30.3 Å². The molecule has 0 fully saturated rings. The van der Waals surface area contributed by atoms with Crippen LogP contribution in [0.1, 0.15) is 5.56 Å². The Morgan fingerprint density at radius 2 is 2.00 bits per heavy atom. The van der Waals surface area contributed by atoms with Crippen LogP contribution in [0.15, 0.2) is 35.6 Å². The maximum atomic E-state index is 9.95. The van der Waals surface area contributed by atoms with E-state index in [9.17, 15) is 4.91 Å². The second-order valence-electron chi connectivity index (χ2n) is 2.20. The summed E-state index contributed by atoms with van der Waals surface area (Å²) in [6.45, 7) is 0. The molecule has 0 amide bonds. The largest absolute Gasteiger partial charge is 0.239 e. The van der Waals surface area contributed by atoms with Gasteiger partial charge >= 0.3 is 0 Å². The molecular weight excluding hydrogens is 140 g/mol. The minimum Gasteiger partial charge on any atom is -0.0804 e. The van der Waals surface area contributed by atoms with Crippen molar-refractivity contribution in [2.24, 2.45) is 5.29 Å². The van der Waals surface area contributed by atoms with Gasteiger partial charge in [-0.3, -0.25) is 0 Å². The zero-order valence-corrected chi connectivity index (χ0v) is 6.27. The third-order valence-corrected chi connectivity index (χ3v) is 1.26. The fourth-order valence-corrected chi connectivity index (χ4v) is 0.778. The van der Waals surface area contributed by atoms with E-state index in [-0.39, 0.29) is 0 Å². The predicted octanol–water partition coefficient (Wildman–Crippen LogP) is 1.43. The molecule has 0 aliphatic heterocycles. The number of nitroso groups, excluding NO2 is 1. The molecule has 0 aliphatic carbocycles. The van der Waals surface area contributed by atoms with E-state index < -0.39 is 0 Å². The molecule has 1 aromatic carbocycles. The van der Waals surface area contributed by atoms with Crippen molar-refractivity contribution in [1.29, 1.82) is 0 Å². The van der Waals surface area contributed by atoms with E-state index >= 15 is 0 Å². The highest BCUT2D eigenvalue weighted by Gasteiger charge is 1.93. The second kappa shape index (κ2) is 3.61. The van der Waals surface area contributed by atoms with Crippen molar-refractivity contribution in [2.45, 2.75) is 0 Å². The summed E-state index contributed by atoms with van der Waals surface area (Å²) in [6, 6.07) is 9.55. The van der Waals surface area contributed by atoms with Gasteiger partial charge < -0.3 is 0 Å². The molecule has 0 aliphatic rings. The minimum absolute atomic E-state index is 0.967. The lowest BCUT2D eigenvalue weighted by atomic mass is 10.2. The molecule has 0 saturated carbocycles. The molecule has 0 N–H and O–H groups in total. The highest BCUT2D eigenvalue weighted by Crippen LogP contribution is 1.93. The maximum absolute atomic E-state index is 9.95. The van der Waals surface area contributed by atoms with Gasteiger partial charge in [0, 0.05) is 5.56 Å². The van der Waals surface area contributed by atoms with E-state index in [4.69, 9.17) is 0 Å². The smallest absolute Gasteiger partial charge is 0.0804 e.